The molecule has 1 unspecified atom stereocenters. The van der Waals surface area contributed by atoms with Crippen molar-refractivity contribution in [3.05, 3.63) is 58.1 Å². The van der Waals surface area contributed by atoms with E-state index in [4.69, 9.17) is 16.1 Å². The lowest BCUT2D eigenvalue weighted by molar-refractivity contribution is 0.0704. The number of aromatic amines is 1. The first-order chi connectivity index (χ1) is 13.6. The number of benzene rings is 1. The monoisotopic (exact) mass is 398 g/mol. The average molecular weight is 399 g/mol. The highest BCUT2D eigenvalue weighted by molar-refractivity contribution is 6.33. The van der Waals surface area contributed by atoms with Gasteiger partial charge in [0.25, 0.3) is 5.91 Å². The molecule has 28 heavy (non-hydrogen) atoms. The van der Waals surface area contributed by atoms with Gasteiger partial charge in [0.1, 0.15) is 17.0 Å². The molecule has 3 aromatic rings. The van der Waals surface area contributed by atoms with Crippen LogP contribution in [0.1, 0.15) is 53.1 Å². The van der Waals surface area contributed by atoms with Crippen molar-refractivity contribution in [1.29, 1.82) is 0 Å². The molecule has 1 atom stereocenters. The molecule has 6 nitrogen and oxygen atoms in total. The summed E-state index contributed by atoms with van der Waals surface area (Å²) in [5.74, 6) is 0.716. The molecule has 1 saturated heterocycles. The Kier molecular flexibility index (Phi) is 5.22. The van der Waals surface area contributed by atoms with Gasteiger partial charge in [-0.2, -0.15) is 5.10 Å². The van der Waals surface area contributed by atoms with Crippen molar-refractivity contribution in [2.75, 3.05) is 13.1 Å². The number of nitrogens with zero attached hydrogens (tertiary/aromatic N) is 3. The minimum absolute atomic E-state index is 0.0593. The summed E-state index contributed by atoms with van der Waals surface area (Å²) in [5, 5.41) is 12.0. The van der Waals surface area contributed by atoms with Crippen molar-refractivity contribution >= 4 is 17.5 Å². The number of H-pyrrole nitrogens is 1. The Balaban J connectivity index is 1.63. The molecular formula is C21H23ClN4O2. The van der Waals surface area contributed by atoms with E-state index in [1.54, 1.807) is 13.0 Å². The summed E-state index contributed by atoms with van der Waals surface area (Å²) >= 11 is 6.34. The minimum atomic E-state index is -0.0593. The van der Waals surface area contributed by atoms with Crippen molar-refractivity contribution < 1.29 is 9.32 Å². The number of amides is 1. The number of hydrogen-bond donors (Lipinski definition) is 1. The molecule has 0 aliphatic carbocycles. The molecule has 146 valence electrons. The van der Waals surface area contributed by atoms with Crippen LogP contribution < -0.4 is 0 Å². The van der Waals surface area contributed by atoms with E-state index in [0.717, 1.165) is 31.5 Å². The van der Waals surface area contributed by atoms with E-state index >= 15 is 0 Å². The Bertz CT molecular complexity index is 994. The van der Waals surface area contributed by atoms with Crippen LogP contribution in [0.5, 0.6) is 0 Å². The first-order valence-corrected chi connectivity index (χ1v) is 10.0. The molecule has 1 aromatic carbocycles. The first kappa shape index (κ1) is 18.7. The lowest BCUT2D eigenvalue weighted by Crippen LogP contribution is -2.39. The van der Waals surface area contributed by atoms with Crippen LogP contribution in [-0.2, 0) is 6.42 Å². The van der Waals surface area contributed by atoms with Gasteiger partial charge in [-0.1, -0.05) is 41.9 Å². The maximum atomic E-state index is 13.4. The van der Waals surface area contributed by atoms with Crippen molar-refractivity contribution in [3.63, 3.8) is 0 Å². The zero-order valence-electron chi connectivity index (χ0n) is 16.0. The predicted molar refractivity (Wildman–Crippen MR) is 108 cm³/mol. The predicted octanol–water partition coefficient (Wildman–Crippen LogP) is 4.61. The average Bonchev–Trinajstić information content (AvgIpc) is 3.34. The van der Waals surface area contributed by atoms with Crippen LogP contribution in [0.25, 0.3) is 11.3 Å². The molecule has 0 bridgehead atoms. The number of aryl methyl sites for hydroxylation is 2. The lowest BCUT2D eigenvalue weighted by atomic mass is 9.91. The topological polar surface area (TPSA) is 75.0 Å². The zero-order valence-corrected chi connectivity index (χ0v) is 16.8. The third kappa shape index (κ3) is 3.33. The molecular weight excluding hydrogens is 376 g/mol. The van der Waals surface area contributed by atoms with Gasteiger partial charge in [0.15, 0.2) is 0 Å². The quantitative estimate of drug-likeness (QED) is 0.696. The highest BCUT2D eigenvalue weighted by Gasteiger charge is 2.31. The molecule has 0 spiro atoms. The lowest BCUT2D eigenvalue weighted by Gasteiger charge is -2.32. The van der Waals surface area contributed by atoms with E-state index in [0.29, 0.717) is 34.1 Å². The van der Waals surface area contributed by atoms with Gasteiger partial charge in [-0.3, -0.25) is 9.89 Å². The fraction of sp³-hybridized carbons (Fsp3) is 0.381. The van der Waals surface area contributed by atoms with Crippen molar-refractivity contribution in [2.45, 2.75) is 39.0 Å². The molecule has 4 rings (SSSR count). The van der Waals surface area contributed by atoms with Crippen molar-refractivity contribution in [3.8, 4) is 11.3 Å². The molecule has 1 aliphatic rings. The number of nitrogens with one attached hydrogen (secondary N) is 1. The maximum absolute atomic E-state index is 13.4. The van der Waals surface area contributed by atoms with E-state index in [2.05, 4.69) is 22.3 Å². The molecule has 1 aliphatic heterocycles. The van der Waals surface area contributed by atoms with Gasteiger partial charge in [0.2, 0.25) is 0 Å². The molecule has 0 saturated carbocycles. The van der Waals surface area contributed by atoms with E-state index < -0.39 is 0 Å². The number of piperidine rings is 1. The Hall–Kier alpha value is -2.60. The van der Waals surface area contributed by atoms with Gasteiger partial charge in [0, 0.05) is 30.3 Å². The van der Waals surface area contributed by atoms with E-state index in [1.807, 2.05) is 29.3 Å². The Labute approximate surface area is 168 Å². The molecule has 3 heterocycles. The normalized spacial score (nSPS) is 17.1. The highest BCUT2D eigenvalue weighted by atomic mass is 35.5. The highest BCUT2D eigenvalue weighted by Crippen LogP contribution is 2.34. The number of rotatable bonds is 4. The van der Waals surface area contributed by atoms with Crippen LogP contribution in [0.4, 0.5) is 0 Å². The van der Waals surface area contributed by atoms with Crippen LogP contribution >= 0.6 is 11.6 Å². The Morgan fingerprint density at radius 1 is 1.39 bits per heavy atom. The number of carbonyl (C=O) groups is 1. The van der Waals surface area contributed by atoms with Crippen molar-refractivity contribution in [2.24, 2.45) is 0 Å². The fourth-order valence-corrected chi connectivity index (χ4v) is 4.20. The second-order valence-corrected chi connectivity index (χ2v) is 7.60. The summed E-state index contributed by atoms with van der Waals surface area (Å²) in [6.45, 7) is 5.26. The van der Waals surface area contributed by atoms with Crippen LogP contribution in [0.3, 0.4) is 0 Å². The van der Waals surface area contributed by atoms with Gasteiger partial charge in [0.05, 0.1) is 11.2 Å². The maximum Gasteiger partial charge on any atom is 0.259 e. The van der Waals surface area contributed by atoms with Gasteiger partial charge in [-0.15, -0.1) is 0 Å². The van der Waals surface area contributed by atoms with Crippen LogP contribution in [0.15, 0.2) is 35.0 Å². The third-order valence-electron chi connectivity index (χ3n) is 5.45. The summed E-state index contributed by atoms with van der Waals surface area (Å²) in [6, 6.07) is 7.37. The number of aromatic nitrogens is 3. The van der Waals surface area contributed by atoms with Crippen LogP contribution in [0, 0.1) is 6.92 Å². The Morgan fingerprint density at radius 3 is 3.00 bits per heavy atom. The summed E-state index contributed by atoms with van der Waals surface area (Å²) < 4.78 is 5.38. The standard InChI is InChI=1S/C21H23ClN4O2/c1-3-14-11-23-24-19(14)15-7-6-10-26(12-15)21(27)18-13(2)28-25-20(18)16-8-4-5-9-17(16)22/h4-5,8-9,11,15H,3,6-7,10,12H2,1-2H3,(H,23,24). The van der Waals surface area contributed by atoms with Gasteiger partial charge in [-0.05, 0) is 37.8 Å². The molecule has 1 amide bonds. The number of hydrogen-bond acceptors (Lipinski definition) is 4. The SMILES string of the molecule is CCc1cn[nH]c1C1CCCN(C(=O)c2c(-c3ccccc3Cl)noc2C)C1. The minimum Gasteiger partial charge on any atom is -0.360 e. The molecule has 7 heteroatoms. The molecule has 0 radical (unpaired) electrons. The zero-order chi connectivity index (χ0) is 19.7. The van der Waals surface area contributed by atoms with Gasteiger partial charge < -0.3 is 9.42 Å². The second-order valence-electron chi connectivity index (χ2n) is 7.20. The third-order valence-corrected chi connectivity index (χ3v) is 5.78. The fourth-order valence-electron chi connectivity index (χ4n) is 3.97. The molecule has 1 N–H and O–H groups in total. The summed E-state index contributed by atoms with van der Waals surface area (Å²) in [4.78, 5) is 15.3. The van der Waals surface area contributed by atoms with E-state index in [-0.39, 0.29) is 11.8 Å². The van der Waals surface area contributed by atoms with Crippen molar-refractivity contribution in [1.82, 2.24) is 20.3 Å². The van der Waals surface area contributed by atoms with Gasteiger partial charge >= 0.3 is 0 Å². The molecule has 2 aromatic heterocycles. The summed E-state index contributed by atoms with van der Waals surface area (Å²) in [5.41, 5.74) is 4.07. The summed E-state index contributed by atoms with van der Waals surface area (Å²) in [6.07, 6.45) is 4.80. The molecule has 1 fully saturated rings. The smallest absolute Gasteiger partial charge is 0.259 e. The van der Waals surface area contributed by atoms with E-state index in [1.165, 1.54) is 5.56 Å². The number of carbonyl (C=O) groups excluding carboxylic acids is 1. The van der Waals surface area contributed by atoms with E-state index in [9.17, 15) is 4.79 Å². The largest absolute Gasteiger partial charge is 0.360 e. The second kappa shape index (κ2) is 7.80. The van der Waals surface area contributed by atoms with Crippen LogP contribution in [0.2, 0.25) is 5.02 Å². The van der Waals surface area contributed by atoms with Gasteiger partial charge in [-0.25, -0.2) is 0 Å². The Morgan fingerprint density at radius 2 is 2.21 bits per heavy atom. The number of halogens is 1. The van der Waals surface area contributed by atoms with Crippen LogP contribution in [-0.4, -0.2) is 39.3 Å². The summed E-state index contributed by atoms with van der Waals surface area (Å²) in [7, 11) is 0. The first-order valence-electron chi connectivity index (χ1n) is 9.62. The number of likely N-dealkylation sites (tertiary alicyclic amines) is 1.